The van der Waals surface area contributed by atoms with Gasteiger partial charge in [-0.15, -0.1) is 0 Å². The average Bonchev–Trinajstić information content (AvgIpc) is 2.34. The highest BCUT2D eigenvalue weighted by atomic mass is 79.9. The fraction of sp³-hybridized carbons (Fsp3) is 0.417. The minimum Gasteiger partial charge on any atom is -0.381 e. The summed E-state index contributed by atoms with van der Waals surface area (Å²) in [5.41, 5.74) is 6.24. The third-order valence-electron chi connectivity index (χ3n) is 3.09. The van der Waals surface area contributed by atoms with Crippen LogP contribution < -0.4 is 11.1 Å². The van der Waals surface area contributed by atoms with Gasteiger partial charge in [0.15, 0.2) is 0 Å². The molecule has 0 aliphatic carbocycles. The van der Waals surface area contributed by atoms with Crippen molar-refractivity contribution in [3.8, 4) is 0 Å². The second-order valence-electron chi connectivity index (χ2n) is 4.37. The predicted molar refractivity (Wildman–Crippen MR) is 77.0 cm³/mol. The van der Waals surface area contributed by atoms with E-state index in [9.17, 15) is 4.79 Å². The Hall–Kier alpha value is -0.940. The molecule has 1 aliphatic rings. The van der Waals surface area contributed by atoms with E-state index in [0.717, 1.165) is 23.0 Å². The zero-order chi connectivity index (χ0) is 13.1. The van der Waals surface area contributed by atoms with Crippen molar-refractivity contribution in [2.24, 2.45) is 5.73 Å². The van der Waals surface area contributed by atoms with Crippen LogP contribution in [0.25, 0.3) is 0 Å². The first-order valence-electron chi connectivity index (χ1n) is 5.82. The monoisotopic (exact) mass is 331 g/mol. The van der Waals surface area contributed by atoms with Gasteiger partial charge in [0.05, 0.1) is 5.69 Å². The number of amides is 2. The molecule has 1 saturated heterocycles. The first-order chi connectivity index (χ1) is 8.56. The average molecular weight is 333 g/mol. The van der Waals surface area contributed by atoms with E-state index < -0.39 is 0 Å². The number of nitrogens with two attached hydrogens (primary N) is 1. The van der Waals surface area contributed by atoms with Gasteiger partial charge in [0.25, 0.3) is 0 Å². The Morgan fingerprint density at radius 1 is 1.44 bits per heavy atom. The van der Waals surface area contributed by atoms with Gasteiger partial charge in [-0.25, -0.2) is 4.79 Å². The Labute approximate surface area is 120 Å². The van der Waals surface area contributed by atoms with Crippen LogP contribution in [0.5, 0.6) is 0 Å². The van der Waals surface area contributed by atoms with Crippen LogP contribution in [-0.4, -0.2) is 30.1 Å². The highest BCUT2D eigenvalue weighted by Gasteiger charge is 2.21. The minimum atomic E-state index is -0.336. The maximum Gasteiger partial charge on any atom is 0.314 e. The number of nitrogens with one attached hydrogen (secondary N) is 1. The number of halogens is 2. The molecule has 0 radical (unpaired) electrons. The van der Waals surface area contributed by atoms with Gasteiger partial charge in [-0.05, 0) is 47.0 Å². The molecule has 1 aromatic rings. The lowest BCUT2D eigenvalue weighted by Crippen LogP contribution is -2.44. The Balaban J connectivity index is 1.95. The molecule has 1 fully saturated rings. The van der Waals surface area contributed by atoms with Crippen LogP contribution in [0.4, 0.5) is 10.5 Å². The summed E-state index contributed by atoms with van der Waals surface area (Å²) >= 11 is 9.46. The summed E-state index contributed by atoms with van der Waals surface area (Å²) in [5.74, 6) is 0. The number of rotatable bonds is 2. The lowest BCUT2D eigenvalue weighted by Gasteiger charge is -2.32. The summed E-state index contributed by atoms with van der Waals surface area (Å²) in [6.07, 6.45) is 1.78. The van der Waals surface area contributed by atoms with Gasteiger partial charge in [-0.1, -0.05) is 11.6 Å². The van der Waals surface area contributed by atoms with Crippen LogP contribution >= 0.6 is 27.5 Å². The van der Waals surface area contributed by atoms with Gasteiger partial charge < -0.3 is 16.0 Å². The van der Waals surface area contributed by atoms with Crippen LogP contribution in [0.2, 0.25) is 5.02 Å². The van der Waals surface area contributed by atoms with Crippen molar-refractivity contribution in [3.63, 3.8) is 0 Å². The summed E-state index contributed by atoms with van der Waals surface area (Å²) in [5, 5.41) is 4.14. The number of likely N-dealkylation sites (tertiary alicyclic amines) is 1. The molecule has 4 nitrogen and oxygen atoms in total. The maximum atomic E-state index is 11.0. The van der Waals surface area contributed by atoms with Crippen LogP contribution in [0, 0.1) is 0 Å². The molecule has 1 aromatic carbocycles. The van der Waals surface area contributed by atoms with Gasteiger partial charge in [0, 0.05) is 28.6 Å². The van der Waals surface area contributed by atoms with Crippen LogP contribution in [0.1, 0.15) is 12.8 Å². The van der Waals surface area contributed by atoms with Gasteiger partial charge in [0.1, 0.15) is 0 Å². The maximum absolute atomic E-state index is 11.0. The number of carbonyl (C=O) groups is 1. The van der Waals surface area contributed by atoms with Gasteiger partial charge in [-0.3, -0.25) is 0 Å². The fourth-order valence-electron chi connectivity index (χ4n) is 2.07. The molecule has 0 spiro atoms. The highest BCUT2D eigenvalue weighted by molar-refractivity contribution is 9.10. The molecule has 2 rings (SSSR count). The third kappa shape index (κ3) is 3.29. The standard InChI is InChI=1S/C12H15BrClN3O/c13-10-2-1-8(14)7-11(10)16-9-3-5-17(6-4-9)12(15)18/h1-2,7,9,16H,3-6H2,(H2,15,18). The Morgan fingerprint density at radius 3 is 2.72 bits per heavy atom. The third-order valence-corrected chi connectivity index (χ3v) is 4.02. The normalized spacial score (nSPS) is 16.7. The Morgan fingerprint density at radius 2 is 2.11 bits per heavy atom. The van der Waals surface area contributed by atoms with E-state index in [-0.39, 0.29) is 6.03 Å². The number of benzene rings is 1. The molecule has 0 atom stereocenters. The molecule has 1 heterocycles. The number of primary amides is 1. The molecule has 98 valence electrons. The first kappa shape index (κ1) is 13.5. The molecule has 1 aliphatic heterocycles. The molecular weight excluding hydrogens is 318 g/mol. The van der Waals surface area contributed by atoms with Crippen LogP contribution in [0.3, 0.4) is 0 Å². The number of hydrogen-bond donors (Lipinski definition) is 2. The molecule has 0 bridgehead atoms. The van der Waals surface area contributed by atoms with Gasteiger partial charge in [-0.2, -0.15) is 0 Å². The number of carbonyl (C=O) groups excluding carboxylic acids is 1. The Kier molecular flexibility index (Phi) is 4.35. The predicted octanol–water partition coefficient (Wildman–Crippen LogP) is 3.06. The number of nitrogens with zero attached hydrogens (tertiary/aromatic N) is 1. The molecule has 2 amide bonds. The Bertz CT molecular complexity index is 447. The zero-order valence-corrected chi connectivity index (χ0v) is 12.2. The minimum absolute atomic E-state index is 0.336. The highest BCUT2D eigenvalue weighted by Crippen LogP contribution is 2.28. The largest absolute Gasteiger partial charge is 0.381 e. The van der Waals surface area contributed by atoms with E-state index in [1.807, 2.05) is 18.2 Å². The smallest absolute Gasteiger partial charge is 0.314 e. The summed E-state index contributed by atoms with van der Waals surface area (Å²) in [6, 6.07) is 5.66. The molecule has 0 unspecified atom stereocenters. The molecule has 18 heavy (non-hydrogen) atoms. The van der Waals surface area contributed by atoms with Crippen molar-refractivity contribution >= 4 is 39.2 Å². The quantitative estimate of drug-likeness (QED) is 0.874. The molecule has 0 saturated carbocycles. The van der Waals surface area contributed by atoms with Crippen molar-refractivity contribution in [2.45, 2.75) is 18.9 Å². The van der Waals surface area contributed by atoms with E-state index in [4.69, 9.17) is 17.3 Å². The number of hydrogen-bond acceptors (Lipinski definition) is 2. The van der Waals surface area contributed by atoms with E-state index in [1.165, 1.54) is 0 Å². The van der Waals surface area contributed by atoms with E-state index >= 15 is 0 Å². The second kappa shape index (κ2) is 5.80. The second-order valence-corrected chi connectivity index (χ2v) is 5.66. The summed E-state index contributed by atoms with van der Waals surface area (Å²) in [4.78, 5) is 12.7. The van der Waals surface area contributed by atoms with Gasteiger partial charge in [0.2, 0.25) is 0 Å². The zero-order valence-electron chi connectivity index (χ0n) is 9.83. The number of anilines is 1. The van der Waals surface area contributed by atoms with Gasteiger partial charge >= 0.3 is 6.03 Å². The number of piperidine rings is 1. The van der Waals surface area contributed by atoms with Crippen molar-refractivity contribution in [1.82, 2.24) is 4.90 Å². The van der Waals surface area contributed by atoms with E-state index in [2.05, 4.69) is 21.2 Å². The molecule has 6 heteroatoms. The lowest BCUT2D eigenvalue weighted by molar-refractivity contribution is 0.193. The van der Waals surface area contributed by atoms with Crippen molar-refractivity contribution in [2.75, 3.05) is 18.4 Å². The lowest BCUT2D eigenvalue weighted by atomic mass is 10.0. The fourth-order valence-corrected chi connectivity index (χ4v) is 2.61. The molecule has 0 aromatic heterocycles. The SMILES string of the molecule is NC(=O)N1CCC(Nc2cc(Cl)ccc2Br)CC1. The van der Waals surface area contributed by atoms with Crippen molar-refractivity contribution in [1.29, 1.82) is 0 Å². The molecular formula is C12H15BrClN3O. The molecule has 3 N–H and O–H groups in total. The van der Waals surface area contributed by atoms with E-state index in [1.54, 1.807) is 4.90 Å². The summed E-state index contributed by atoms with van der Waals surface area (Å²) in [7, 11) is 0. The van der Waals surface area contributed by atoms with Crippen molar-refractivity contribution < 1.29 is 4.79 Å². The topological polar surface area (TPSA) is 58.4 Å². The number of urea groups is 1. The summed E-state index contributed by atoms with van der Waals surface area (Å²) < 4.78 is 0.990. The van der Waals surface area contributed by atoms with Crippen molar-refractivity contribution in [3.05, 3.63) is 27.7 Å². The summed E-state index contributed by atoms with van der Waals surface area (Å²) in [6.45, 7) is 1.40. The van der Waals surface area contributed by atoms with Crippen LogP contribution in [-0.2, 0) is 0 Å². The van der Waals surface area contributed by atoms with Crippen LogP contribution in [0.15, 0.2) is 22.7 Å². The first-order valence-corrected chi connectivity index (χ1v) is 6.99. The van der Waals surface area contributed by atoms with E-state index in [0.29, 0.717) is 24.2 Å².